The van der Waals surface area contributed by atoms with Crippen molar-refractivity contribution in [3.05, 3.63) is 21.6 Å². The summed E-state index contributed by atoms with van der Waals surface area (Å²) in [6, 6.07) is 0. The first-order valence-corrected chi connectivity index (χ1v) is 8.45. The molecule has 1 saturated carbocycles. The SMILES string of the molecule is CC(C)Cn1ncc(NCCCC2CCCC2)c(Cl)c1=O. The van der Waals surface area contributed by atoms with E-state index >= 15 is 0 Å². The lowest BCUT2D eigenvalue weighted by molar-refractivity contribution is 0.464. The summed E-state index contributed by atoms with van der Waals surface area (Å²) in [5.41, 5.74) is 0.458. The Morgan fingerprint density at radius 1 is 1.43 bits per heavy atom. The number of nitrogens with zero attached hydrogens (tertiary/aromatic N) is 2. The summed E-state index contributed by atoms with van der Waals surface area (Å²) in [4.78, 5) is 12.1. The molecule has 0 atom stereocenters. The third-order valence-electron chi connectivity index (χ3n) is 4.10. The highest BCUT2D eigenvalue weighted by atomic mass is 35.5. The minimum Gasteiger partial charge on any atom is -0.382 e. The van der Waals surface area contributed by atoms with Crippen molar-refractivity contribution in [2.45, 2.75) is 58.9 Å². The zero-order chi connectivity index (χ0) is 15.2. The maximum absolute atomic E-state index is 12.1. The summed E-state index contributed by atoms with van der Waals surface area (Å²) in [6.07, 6.45) is 9.60. The molecule has 0 unspecified atom stereocenters. The van der Waals surface area contributed by atoms with Crippen molar-refractivity contribution >= 4 is 17.3 Å². The van der Waals surface area contributed by atoms with Gasteiger partial charge in [-0.25, -0.2) is 4.68 Å². The predicted molar refractivity (Wildman–Crippen MR) is 88.0 cm³/mol. The molecule has 1 aromatic rings. The summed E-state index contributed by atoms with van der Waals surface area (Å²) in [5.74, 6) is 1.27. The van der Waals surface area contributed by atoms with Crippen LogP contribution in [0.5, 0.6) is 0 Å². The summed E-state index contributed by atoms with van der Waals surface area (Å²) >= 11 is 6.15. The van der Waals surface area contributed by atoms with Gasteiger partial charge in [-0.3, -0.25) is 4.79 Å². The van der Waals surface area contributed by atoms with Gasteiger partial charge in [0, 0.05) is 13.1 Å². The Morgan fingerprint density at radius 3 is 2.81 bits per heavy atom. The first kappa shape index (κ1) is 16.3. The lowest BCUT2D eigenvalue weighted by atomic mass is 10.0. The molecule has 2 rings (SSSR count). The fourth-order valence-electron chi connectivity index (χ4n) is 2.98. The maximum atomic E-state index is 12.1. The molecule has 5 heteroatoms. The highest BCUT2D eigenvalue weighted by Gasteiger charge is 2.14. The predicted octanol–water partition coefficient (Wildman–Crippen LogP) is 3.94. The van der Waals surface area contributed by atoms with E-state index in [1.165, 1.54) is 36.8 Å². The van der Waals surface area contributed by atoms with Crippen molar-refractivity contribution in [3.63, 3.8) is 0 Å². The number of aromatic nitrogens is 2. The van der Waals surface area contributed by atoms with E-state index in [-0.39, 0.29) is 10.6 Å². The third-order valence-corrected chi connectivity index (χ3v) is 4.47. The van der Waals surface area contributed by atoms with Crippen LogP contribution in [-0.4, -0.2) is 16.3 Å². The van der Waals surface area contributed by atoms with E-state index < -0.39 is 0 Å². The standard InChI is InChI=1S/C16H26ClN3O/c1-12(2)11-20-16(21)15(17)14(10-19-20)18-9-5-8-13-6-3-4-7-13/h10,12-13,18H,3-9,11H2,1-2H3. The van der Waals surface area contributed by atoms with Crippen molar-refractivity contribution in [1.29, 1.82) is 0 Å². The van der Waals surface area contributed by atoms with E-state index in [9.17, 15) is 4.79 Å². The van der Waals surface area contributed by atoms with Crippen LogP contribution < -0.4 is 10.9 Å². The molecule has 21 heavy (non-hydrogen) atoms. The van der Waals surface area contributed by atoms with Crippen LogP contribution in [0, 0.1) is 11.8 Å². The minimum atomic E-state index is -0.203. The normalized spacial score (nSPS) is 15.8. The molecule has 1 N–H and O–H groups in total. The smallest absolute Gasteiger partial charge is 0.287 e. The number of halogens is 1. The highest BCUT2D eigenvalue weighted by molar-refractivity contribution is 6.32. The summed E-state index contributed by atoms with van der Waals surface area (Å²) in [5, 5.41) is 7.70. The Hall–Kier alpha value is -1.03. The minimum absolute atomic E-state index is 0.203. The molecule has 0 aliphatic heterocycles. The first-order valence-electron chi connectivity index (χ1n) is 8.07. The molecule has 0 radical (unpaired) electrons. The molecular formula is C16H26ClN3O. The number of nitrogens with one attached hydrogen (secondary N) is 1. The van der Waals surface area contributed by atoms with Crippen LogP contribution in [0.1, 0.15) is 52.4 Å². The van der Waals surface area contributed by atoms with E-state index in [1.807, 2.05) is 0 Å². The van der Waals surface area contributed by atoms with Crippen LogP contribution in [0.2, 0.25) is 5.02 Å². The van der Waals surface area contributed by atoms with Gasteiger partial charge in [0.05, 0.1) is 11.9 Å². The van der Waals surface area contributed by atoms with E-state index in [1.54, 1.807) is 6.20 Å². The topological polar surface area (TPSA) is 46.9 Å². The lowest BCUT2D eigenvalue weighted by Crippen LogP contribution is -2.26. The lowest BCUT2D eigenvalue weighted by Gasteiger charge is -2.12. The van der Waals surface area contributed by atoms with Gasteiger partial charge in [-0.15, -0.1) is 0 Å². The fourth-order valence-corrected chi connectivity index (χ4v) is 3.19. The molecule has 0 bridgehead atoms. The van der Waals surface area contributed by atoms with Crippen LogP contribution in [0.4, 0.5) is 5.69 Å². The average Bonchev–Trinajstić information content (AvgIpc) is 2.95. The van der Waals surface area contributed by atoms with Crippen molar-refractivity contribution in [1.82, 2.24) is 9.78 Å². The van der Waals surface area contributed by atoms with Gasteiger partial charge in [0.15, 0.2) is 0 Å². The van der Waals surface area contributed by atoms with Crippen LogP contribution in [0.15, 0.2) is 11.0 Å². The summed E-state index contributed by atoms with van der Waals surface area (Å²) in [6.45, 7) is 5.56. The number of rotatable bonds is 7. The van der Waals surface area contributed by atoms with Crippen LogP contribution >= 0.6 is 11.6 Å². The number of anilines is 1. The van der Waals surface area contributed by atoms with E-state index in [4.69, 9.17) is 11.6 Å². The van der Waals surface area contributed by atoms with Crippen LogP contribution in [-0.2, 0) is 6.54 Å². The molecule has 1 aromatic heterocycles. The first-order chi connectivity index (χ1) is 10.1. The molecular weight excluding hydrogens is 286 g/mol. The van der Waals surface area contributed by atoms with Gasteiger partial charge in [-0.2, -0.15) is 5.10 Å². The molecule has 0 aromatic carbocycles. The molecule has 0 spiro atoms. The van der Waals surface area contributed by atoms with Crippen molar-refractivity contribution < 1.29 is 0 Å². The summed E-state index contributed by atoms with van der Waals surface area (Å²) in [7, 11) is 0. The highest BCUT2D eigenvalue weighted by Crippen LogP contribution is 2.28. The Morgan fingerprint density at radius 2 is 2.14 bits per heavy atom. The average molecular weight is 312 g/mol. The van der Waals surface area contributed by atoms with Crippen molar-refractivity contribution in [3.8, 4) is 0 Å². The van der Waals surface area contributed by atoms with Gasteiger partial charge in [0.25, 0.3) is 5.56 Å². The van der Waals surface area contributed by atoms with Crippen LogP contribution in [0.25, 0.3) is 0 Å². The number of hydrogen-bond acceptors (Lipinski definition) is 3. The Bertz CT molecular complexity index is 507. The van der Waals surface area contributed by atoms with Crippen molar-refractivity contribution in [2.75, 3.05) is 11.9 Å². The van der Waals surface area contributed by atoms with Gasteiger partial charge in [0.2, 0.25) is 0 Å². The molecule has 1 fully saturated rings. The Kier molecular flexibility index (Phi) is 6.09. The molecule has 118 valence electrons. The second-order valence-corrected chi connectivity index (χ2v) is 6.85. The molecule has 1 aliphatic carbocycles. The van der Waals surface area contributed by atoms with E-state index in [0.717, 1.165) is 18.9 Å². The zero-order valence-electron chi connectivity index (χ0n) is 13.1. The van der Waals surface area contributed by atoms with Gasteiger partial charge in [-0.05, 0) is 24.7 Å². The summed E-state index contributed by atoms with van der Waals surface area (Å²) < 4.78 is 1.44. The fraction of sp³-hybridized carbons (Fsp3) is 0.750. The van der Waals surface area contributed by atoms with Crippen LogP contribution in [0.3, 0.4) is 0 Å². The molecule has 0 saturated heterocycles. The zero-order valence-corrected chi connectivity index (χ0v) is 13.8. The monoisotopic (exact) mass is 311 g/mol. The maximum Gasteiger partial charge on any atom is 0.287 e. The third kappa shape index (κ3) is 4.73. The second-order valence-electron chi connectivity index (χ2n) is 6.47. The van der Waals surface area contributed by atoms with Gasteiger partial charge >= 0.3 is 0 Å². The van der Waals surface area contributed by atoms with Gasteiger partial charge < -0.3 is 5.32 Å². The largest absolute Gasteiger partial charge is 0.382 e. The molecule has 0 amide bonds. The Labute approximate surface area is 131 Å². The molecule has 4 nitrogen and oxygen atoms in total. The van der Waals surface area contributed by atoms with E-state index in [0.29, 0.717) is 18.2 Å². The molecule has 1 aliphatic rings. The second kappa shape index (κ2) is 7.83. The van der Waals surface area contributed by atoms with Crippen molar-refractivity contribution in [2.24, 2.45) is 11.8 Å². The van der Waals surface area contributed by atoms with E-state index in [2.05, 4.69) is 24.3 Å². The Balaban J connectivity index is 1.85. The molecule has 1 heterocycles. The van der Waals surface area contributed by atoms with Gasteiger partial charge in [-0.1, -0.05) is 51.1 Å². The number of hydrogen-bond donors (Lipinski definition) is 1. The van der Waals surface area contributed by atoms with Gasteiger partial charge in [0.1, 0.15) is 5.02 Å². The quantitative estimate of drug-likeness (QED) is 0.776.